The molecule has 0 fully saturated rings. The molecule has 0 radical (unpaired) electrons. The first-order valence-electron chi connectivity index (χ1n) is 9.73. The number of Topliss-reactive ketones (excluding diaryl/α,β-unsaturated/α-hetero) is 1. The van der Waals surface area contributed by atoms with Gasteiger partial charge in [0.15, 0.2) is 4.47 Å². The molecule has 4 rings (SSSR count). The molecule has 1 aliphatic rings. The van der Waals surface area contributed by atoms with E-state index in [-0.39, 0.29) is 36.1 Å². The number of alkyl halides is 1. The zero-order chi connectivity index (χ0) is 22.4. The van der Waals surface area contributed by atoms with Crippen molar-refractivity contribution in [2.45, 2.75) is 25.9 Å². The molecular weight excluding hydrogens is 459 g/mol. The lowest BCUT2D eigenvalue weighted by molar-refractivity contribution is -0.521. The maximum Gasteiger partial charge on any atom is 0.339 e. The highest BCUT2D eigenvalue weighted by molar-refractivity contribution is 7.15. The third kappa shape index (κ3) is 5.46. The molecule has 0 saturated heterocycles. The Balaban J connectivity index is 0.00000132. The second-order valence-corrected chi connectivity index (χ2v) is 8.50. The lowest BCUT2D eigenvalue weighted by Gasteiger charge is -2.12. The largest absolute Gasteiger partial charge is 0.474 e. The Hall–Kier alpha value is -2.39. The molecule has 3 aromatic rings. The summed E-state index contributed by atoms with van der Waals surface area (Å²) in [7, 11) is 0. The summed E-state index contributed by atoms with van der Waals surface area (Å²) in [6.45, 7) is 4.43. The van der Waals surface area contributed by atoms with E-state index in [4.69, 9.17) is 27.9 Å². The van der Waals surface area contributed by atoms with Crippen molar-refractivity contribution in [1.82, 2.24) is 14.9 Å². The van der Waals surface area contributed by atoms with Gasteiger partial charge in [0.05, 0.1) is 17.7 Å². The van der Waals surface area contributed by atoms with Gasteiger partial charge < -0.3 is 15.2 Å². The number of carbonyl (C=O) groups excluding carboxylic acids is 1. The van der Waals surface area contributed by atoms with Gasteiger partial charge in [-0.15, -0.1) is 11.3 Å². The lowest BCUT2D eigenvalue weighted by atomic mass is 10.2. The van der Waals surface area contributed by atoms with Crippen molar-refractivity contribution in [2.75, 3.05) is 13.2 Å². The molecule has 0 amide bonds. The van der Waals surface area contributed by atoms with E-state index >= 15 is 0 Å². The number of imidazole rings is 1. The van der Waals surface area contributed by atoms with E-state index in [1.807, 2.05) is 32.1 Å². The maximum absolute atomic E-state index is 12.9. The molecule has 7 nitrogen and oxygen atoms in total. The topological polar surface area (TPSA) is 80.5 Å². The number of ketones is 1. The van der Waals surface area contributed by atoms with Crippen LogP contribution in [0.15, 0.2) is 54.5 Å². The number of hydrogen-bond acceptors (Lipinski definition) is 6. The van der Waals surface area contributed by atoms with Gasteiger partial charge in [0.2, 0.25) is 5.78 Å². The second kappa shape index (κ2) is 10.8. The third-order valence-corrected chi connectivity index (χ3v) is 5.71. The van der Waals surface area contributed by atoms with Crippen LogP contribution in [0.4, 0.5) is 0 Å². The van der Waals surface area contributed by atoms with Crippen molar-refractivity contribution < 1.29 is 19.0 Å². The van der Waals surface area contributed by atoms with Crippen molar-refractivity contribution in [3.05, 3.63) is 69.6 Å². The van der Waals surface area contributed by atoms with Crippen molar-refractivity contribution in [1.29, 1.82) is 0 Å². The SMILES string of the molecule is CC.O=C(COCC1=CNC(Cl)C=C1)c1c(O)[n+]2ccccc2n1Cc1cnc(Cl)s1. The summed E-state index contributed by atoms with van der Waals surface area (Å²) in [5, 5.41) is 13.6. The Labute approximate surface area is 194 Å². The van der Waals surface area contributed by atoms with Crippen molar-refractivity contribution in [2.24, 2.45) is 0 Å². The van der Waals surface area contributed by atoms with Crippen LogP contribution in [0.2, 0.25) is 4.47 Å². The summed E-state index contributed by atoms with van der Waals surface area (Å²) < 4.78 is 9.29. The predicted molar refractivity (Wildman–Crippen MR) is 122 cm³/mol. The highest BCUT2D eigenvalue weighted by atomic mass is 35.5. The first-order chi connectivity index (χ1) is 15.0. The van der Waals surface area contributed by atoms with Gasteiger partial charge in [0.25, 0.3) is 11.3 Å². The Morgan fingerprint density at radius 1 is 1.42 bits per heavy atom. The van der Waals surface area contributed by atoms with E-state index in [1.165, 1.54) is 11.3 Å². The maximum atomic E-state index is 12.9. The van der Waals surface area contributed by atoms with Crippen LogP contribution in [-0.2, 0) is 11.3 Å². The second-order valence-electron chi connectivity index (χ2n) is 6.33. The van der Waals surface area contributed by atoms with E-state index in [0.717, 1.165) is 10.5 Å². The lowest BCUT2D eigenvalue weighted by Crippen LogP contribution is -2.20. The molecule has 1 atom stereocenters. The van der Waals surface area contributed by atoms with Crippen LogP contribution in [0.5, 0.6) is 5.88 Å². The molecule has 1 aliphatic heterocycles. The molecule has 31 heavy (non-hydrogen) atoms. The fourth-order valence-electron chi connectivity index (χ4n) is 3.05. The summed E-state index contributed by atoms with van der Waals surface area (Å²) in [6.07, 6.45) is 8.75. The Morgan fingerprint density at radius 3 is 2.90 bits per heavy atom. The van der Waals surface area contributed by atoms with Crippen LogP contribution in [0.25, 0.3) is 5.65 Å². The van der Waals surface area contributed by atoms with E-state index in [2.05, 4.69) is 10.3 Å². The number of aromatic hydroxyl groups is 1. The van der Waals surface area contributed by atoms with Gasteiger partial charge in [-0.1, -0.05) is 49.2 Å². The van der Waals surface area contributed by atoms with E-state index < -0.39 is 0 Å². The molecule has 0 saturated carbocycles. The third-order valence-electron chi connectivity index (χ3n) is 4.34. The predicted octanol–water partition coefficient (Wildman–Crippen LogP) is 3.92. The minimum absolute atomic E-state index is 0.131. The van der Waals surface area contributed by atoms with Gasteiger partial charge in [-0.25, -0.2) is 9.55 Å². The molecule has 0 aromatic carbocycles. The summed E-state index contributed by atoms with van der Waals surface area (Å²) in [4.78, 5) is 17.8. The van der Waals surface area contributed by atoms with E-state index in [0.29, 0.717) is 16.7 Å². The monoisotopic (exact) mass is 481 g/mol. The van der Waals surface area contributed by atoms with Crippen molar-refractivity contribution in [3.8, 4) is 5.88 Å². The molecule has 0 spiro atoms. The first kappa shape index (κ1) is 23.3. The average Bonchev–Trinajstić information content (AvgIpc) is 3.32. The quantitative estimate of drug-likeness (QED) is 0.231. The standard InChI is InChI=1S/C19H16Cl2N4O3S.C2H6/c20-15-5-4-12(7-22-15)10-28-11-14(26)17-18(27)24-6-2-1-3-16(24)25(17)9-13-8-23-19(21)29-13;1-2/h1-8,15,22H,9-11H2;1-2H3/p+1. The van der Waals surface area contributed by atoms with Gasteiger partial charge in [-0.2, -0.15) is 4.40 Å². The fourth-order valence-corrected chi connectivity index (χ4v) is 4.15. The molecule has 10 heteroatoms. The summed E-state index contributed by atoms with van der Waals surface area (Å²) in [5.41, 5.74) is 1.47. The number of fused-ring (bicyclic) bond motifs is 1. The number of thiazole rings is 1. The number of nitrogens with zero attached hydrogens (tertiary/aromatic N) is 3. The highest BCUT2D eigenvalue weighted by Gasteiger charge is 2.31. The highest BCUT2D eigenvalue weighted by Crippen LogP contribution is 2.24. The van der Waals surface area contributed by atoms with Crippen molar-refractivity contribution >= 4 is 46.0 Å². The number of hydrogen-bond donors (Lipinski definition) is 2. The number of aromatic nitrogens is 3. The van der Waals surface area contributed by atoms with Gasteiger partial charge in [-0.3, -0.25) is 4.79 Å². The van der Waals surface area contributed by atoms with Crippen LogP contribution in [0, 0.1) is 0 Å². The smallest absolute Gasteiger partial charge is 0.339 e. The Morgan fingerprint density at radius 2 is 2.23 bits per heavy atom. The minimum Gasteiger partial charge on any atom is -0.474 e. The molecule has 3 aromatic heterocycles. The van der Waals surface area contributed by atoms with Crippen LogP contribution in [-0.4, -0.2) is 39.2 Å². The summed E-state index contributed by atoms with van der Waals surface area (Å²) >= 11 is 13.2. The molecule has 0 aliphatic carbocycles. The number of rotatable bonds is 7. The zero-order valence-electron chi connectivity index (χ0n) is 17.1. The Kier molecular flexibility index (Phi) is 8.09. The van der Waals surface area contributed by atoms with Crippen LogP contribution in [0.1, 0.15) is 29.2 Å². The number of dihydropyridines is 1. The van der Waals surface area contributed by atoms with Gasteiger partial charge in [0, 0.05) is 18.5 Å². The summed E-state index contributed by atoms with van der Waals surface area (Å²) in [6, 6.07) is 5.45. The number of carbonyl (C=O) groups is 1. The van der Waals surface area contributed by atoms with Crippen LogP contribution >= 0.6 is 34.5 Å². The number of nitrogens with one attached hydrogen (secondary N) is 1. The summed E-state index contributed by atoms with van der Waals surface area (Å²) in [5.74, 6) is -0.460. The number of halogens is 2. The zero-order valence-corrected chi connectivity index (χ0v) is 19.4. The van der Waals surface area contributed by atoms with E-state index in [1.54, 1.807) is 39.7 Å². The van der Waals surface area contributed by atoms with Gasteiger partial charge >= 0.3 is 5.88 Å². The van der Waals surface area contributed by atoms with Gasteiger partial charge in [0.1, 0.15) is 18.7 Å². The molecule has 2 N–H and O–H groups in total. The van der Waals surface area contributed by atoms with E-state index in [9.17, 15) is 9.90 Å². The molecule has 1 unspecified atom stereocenters. The number of pyridine rings is 1. The van der Waals surface area contributed by atoms with Gasteiger partial charge in [-0.05, 0) is 17.7 Å². The fraction of sp³-hybridized carbons (Fsp3) is 0.286. The average molecular weight is 482 g/mol. The number of ether oxygens (including phenoxy) is 1. The van der Waals surface area contributed by atoms with Crippen molar-refractivity contribution in [3.63, 3.8) is 0 Å². The molecule has 164 valence electrons. The Bertz CT molecular complexity index is 1120. The van der Waals surface area contributed by atoms with Crippen LogP contribution < -0.4 is 9.72 Å². The molecule has 0 bridgehead atoms. The first-order valence-corrected chi connectivity index (χ1v) is 11.4. The molecular formula is C21H23Cl2N4O3S+. The van der Waals surface area contributed by atoms with Crippen LogP contribution in [0.3, 0.4) is 0 Å². The normalized spacial score (nSPS) is 15.2. The minimum atomic E-state index is -0.328. The molecule has 4 heterocycles.